The van der Waals surface area contributed by atoms with E-state index in [0.29, 0.717) is 12.1 Å². The molecule has 0 aromatic heterocycles. The van der Waals surface area contributed by atoms with Gasteiger partial charge in [0.25, 0.3) is 0 Å². The number of ether oxygens (including phenoxy) is 1. The number of piperidine rings is 1. The summed E-state index contributed by atoms with van der Waals surface area (Å²) in [6.45, 7) is 6.37. The third-order valence-corrected chi connectivity index (χ3v) is 4.58. The molecule has 1 heterocycles. The third-order valence-electron chi connectivity index (χ3n) is 4.58. The lowest BCUT2D eigenvalue weighted by Gasteiger charge is -2.37. The first kappa shape index (κ1) is 14.6. The van der Waals surface area contributed by atoms with E-state index >= 15 is 0 Å². The first-order chi connectivity index (χ1) is 9.08. The highest BCUT2D eigenvalue weighted by molar-refractivity contribution is 5.67. The summed E-state index contributed by atoms with van der Waals surface area (Å²) in [4.78, 5) is 13.2. The molecule has 3 atom stereocenters. The number of nitrogens with one attached hydrogen (secondary N) is 1. The molecule has 19 heavy (non-hydrogen) atoms. The number of hydrogen-bond donors (Lipinski definition) is 1. The van der Waals surface area contributed by atoms with Crippen molar-refractivity contribution in [3.8, 4) is 0 Å². The number of methoxy groups -OCH3 is 1. The van der Waals surface area contributed by atoms with Crippen LogP contribution in [-0.2, 0) is 4.74 Å². The highest BCUT2D eigenvalue weighted by atomic mass is 16.5. The van der Waals surface area contributed by atoms with Crippen LogP contribution >= 0.6 is 0 Å². The van der Waals surface area contributed by atoms with E-state index in [4.69, 9.17) is 4.74 Å². The number of rotatable bonds is 2. The van der Waals surface area contributed by atoms with E-state index in [9.17, 15) is 4.79 Å². The van der Waals surface area contributed by atoms with Gasteiger partial charge in [0, 0.05) is 25.2 Å². The molecule has 2 rings (SSSR count). The Morgan fingerprint density at radius 2 is 1.63 bits per heavy atom. The van der Waals surface area contributed by atoms with Crippen molar-refractivity contribution in [3.05, 3.63) is 0 Å². The van der Waals surface area contributed by atoms with Gasteiger partial charge in [0.15, 0.2) is 0 Å². The largest absolute Gasteiger partial charge is 0.453 e. The highest BCUT2D eigenvalue weighted by Crippen LogP contribution is 2.29. The van der Waals surface area contributed by atoms with Crippen molar-refractivity contribution in [1.82, 2.24) is 10.2 Å². The predicted molar refractivity (Wildman–Crippen MR) is 76.1 cm³/mol. The molecule has 1 amide bonds. The van der Waals surface area contributed by atoms with Gasteiger partial charge in [-0.15, -0.1) is 0 Å². The molecule has 1 unspecified atom stereocenters. The zero-order valence-corrected chi connectivity index (χ0v) is 12.5. The number of hydrogen-bond acceptors (Lipinski definition) is 3. The molecule has 0 aromatic rings. The SMILES string of the molecule is COC(=O)N1CCC(NC2C[C@@H](C)C[C@@H](C)C2)CC1. The van der Waals surface area contributed by atoms with Gasteiger partial charge in [0.2, 0.25) is 0 Å². The molecule has 1 aliphatic carbocycles. The van der Waals surface area contributed by atoms with Crippen LogP contribution < -0.4 is 5.32 Å². The molecule has 1 N–H and O–H groups in total. The number of likely N-dealkylation sites (tertiary alicyclic amines) is 1. The zero-order chi connectivity index (χ0) is 13.8. The molecule has 110 valence electrons. The zero-order valence-electron chi connectivity index (χ0n) is 12.5. The maximum Gasteiger partial charge on any atom is 0.409 e. The van der Waals surface area contributed by atoms with E-state index in [2.05, 4.69) is 19.2 Å². The lowest BCUT2D eigenvalue weighted by Crippen LogP contribution is -2.49. The van der Waals surface area contributed by atoms with Crippen LogP contribution in [0.5, 0.6) is 0 Å². The number of carbonyl (C=O) groups is 1. The third kappa shape index (κ3) is 4.10. The molecule has 0 bridgehead atoms. The Morgan fingerprint density at radius 3 is 2.16 bits per heavy atom. The fourth-order valence-electron chi connectivity index (χ4n) is 3.77. The molecule has 2 aliphatic rings. The van der Waals surface area contributed by atoms with Crippen molar-refractivity contribution in [2.45, 2.75) is 58.0 Å². The van der Waals surface area contributed by atoms with Crippen molar-refractivity contribution >= 4 is 6.09 Å². The standard InChI is InChI=1S/C15H28N2O2/c1-11-8-12(2)10-14(9-11)16-13-4-6-17(7-5-13)15(18)19-3/h11-14,16H,4-10H2,1-3H3/t11-,12+,14?. The first-order valence-corrected chi connectivity index (χ1v) is 7.67. The Labute approximate surface area is 116 Å². The average molecular weight is 268 g/mol. The quantitative estimate of drug-likeness (QED) is 0.837. The average Bonchev–Trinajstić information content (AvgIpc) is 2.37. The van der Waals surface area contributed by atoms with E-state index in [1.807, 2.05) is 4.90 Å². The molecular weight excluding hydrogens is 240 g/mol. The Kier molecular flexibility index (Phi) is 5.08. The minimum Gasteiger partial charge on any atom is -0.453 e. The molecule has 4 nitrogen and oxygen atoms in total. The van der Waals surface area contributed by atoms with Gasteiger partial charge in [0.05, 0.1) is 7.11 Å². The molecule has 0 spiro atoms. The monoisotopic (exact) mass is 268 g/mol. The highest BCUT2D eigenvalue weighted by Gasteiger charge is 2.28. The molecule has 0 aromatic carbocycles. The smallest absolute Gasteiger partial charge is 0.409 e. The Hall–Kier alpha value is -0.770. The minimum atomic E-state index is -0.182. The summed E-state index contributed by atoms with van der Waals surface area (Å²) in [7, 11) is 1.46. The van der Waals surface area contributed by atoms with Crippen LogP contribution in [0.2, 0.25) is 0 Å². The minimum absolute atomic E-state index is 0.182. The summed E-state index contributed by atoms with van der Waals surface area (Å²) in [6, 6.07) is 1.25. The van der Waals surface area contributed by atoms with Crippen molar-refractivity contribution in [2.75, 3.05) is 20.2 Å². The molecule has 0 radical (unpaired) electrons. The second-order valence-corrected chi connectivity index (χ2v) is 6.51. The van der Waals surface area contributed by atoms with Crippen LogP contribution in [0.1, 0.15) is 46.0 Å². The Balaban J connectivity index is 1.74. The van der Waals surface area contributed by atoms with E-state index in [1.165, 1.54) is 26.4 Å². The first-order valence-electron chi connectivity index (χ1n) is 7.67. The van der Waals surface area contributed by atoms with Crippen molar-refractivity contribution in [1.29, 1.82) is 0 Å². The predicted octanol–water partition coefficient (Wildman–Crippen LogP) is 2.63. The lowest BCUT2D eigenvalue weighted by atomic mass is 9.80. The number of amides is 1. The summed E-state index contributed by atoms with van der Waals surface area (Å²) < 4.78 is 4.77. The van der Waals surface area contributed by atoms with E-state index in [0.717, 1.165) is 37.8 Å². The normalized spacial score (nSPS) is 33.2. The van der Waals surface area contributed by atoms with E-state index in [1.54, 1.807) is 0 Å². The summed E-state index contributed by atoms with van der Waals surface area (Å²) in [5.41, 5.74) is 0. The van der Waals surface area contributed by atoms with Gasteiger partial charge in [-0.1, -0.05) is 13.8 Å². The van der Waals surface area contributed by atoms with Gasteiger partial charge in [0.1, 0.15) is 0 Å². The van der Waals surface area contributed by atoms with Gasteiger partial charge in [-0.25, -0.2) is 4.79 Å². The van der Waals surface area contributed by atoms with Gasteiger partial charge < -0.3 is 15.0 Å². The summed E-state index contributed by atoms with van der Waals surface area (Å²) >= 11 is 0. The van der Waals surface area contributed by atoms with Crippen molar-refractivity contribution in [3.63, 3.8) is 0 Å². The fourth-order valence-corrected chi connectivity index (χ4v) is 3.77. The molecule has 4 heteroatoms. The fraction of sp³-hybridized carbons (Fsp3) is 0.933. The maximum absolute atomic E-state index is 11.4. The number of nitrogens with zero attached hydrogens (tertiary/aromatic N) is 1. The van der Waals surface area contributed by atoms with Crippen molar-refractivity contribution < 1.29 is 9.53 Å². The summed E-state index contributed by atoms with van der Waals surface area (Å²) in [6.07, 6.45) is 5.91. The molecule has 1 saturated heterocycles. The molecule has 1 saturated carbocycles. The summed E-state index contributed by atoms with van der Waals surface area (Å²) in [5.74, 6) is 1.69. The number of carbonyl (C=O) groups excluding carboxylic acids is 1. The molecule has 2 fully saturated rings. The van der Waals surface area contributed by atoms with Crippen LogP contribution in [0.15, 0.2) is 0 Å². The molecular formula is C15H28N2O2. The second kappa shape index (κ2) is 6.60. The van der Waals surface area contributed by atoms with Crippen LogP contribution in [-0.4, -0.2) is 43.3 Å². The Bertz CT molecular complexity index is 291. The van der Waals surface area contributed by atoms with E-state index in [-0.39, 0.29) is 6.09 Å². The van der Waals surface area contributed by atoms with Crippen LogP contribution in [0.25, 0.3) is 0 Å². The lowest BCUT2D eigenvalue weighted by molar-refractivity contribution is 0.106. The van der Waals surface area contributed by atoms with Gasteiger partial charge in [-0.2, -0.15) is 0 Å². The van der Waals surface area contributed by atoms with Crippen LogP contribution in [0.4, 0.5) is 4.79 Å². The molecule has 1 aliphatic heterocycles. The van der Waals surface area contributed by atoms with Gasteiger partial charge in [-0.3, -0.25) is 0 Å². The van der Waals surface area contributed by atoms with Crippen LogP contribution in [0, 0.1) is 11.8 Å². The summed E-state index contributed by atoms with van der Waals surface area (Å²) in [5, 5.41) is 3.82. The van der Waals surface area contributed by atoms with Crippen molar-refractivity contribution in [2.24, 2.45) is 11.8 Å². The topological polar surface area (TPSA) is 41.6 Å². The second-order valence-electron chi connectivity index (χ2n) is 6.51. The Morgan fingerprint density at radius 1 is 1.05 bits per heavy atom. The van der Waals surface area contributed by atoms with Gasteiger partial charge in [-0.05, 0) is 43.9 Å². The van der Waals surface area contributed by atoms with E-state index < -0.39 is 0 Å². The van der Waals surface area contributed by atoms with Crippen LogP contribution in [0.3, 0.4) is 0 Å². The van der Waals surface area contributed by atoms with Gasteiger partial charge >= 0.3 is 6.09 Å². The maximum atomic E-state index is 11.4.